The summed E-state index contributed by atoms with van der Waals surface area (Å²) in [7, 11) is -5.43. The van der Waals surface area contributed by atoms with Gasteiger partial charge in [-0.3, -0.25) is 18.7 Å². The number of anilines is 4. The number of sulfonamides is 1. The van der Waals surface area contributed by atoms with Crippen molar-refractivity contribution < 1.29 is 31.5 Å². The number of carbonyl (C=O) groups is 2. The maximum absolute atomic E-state index is 13.8. The number of carbonyl (C=O) groups excluding carboxylic acids is 2. The highest BCUT2D eigenvalue weighted by Crippen LogP contribution is 2.33. The third-order valence-electron chi connectivity index (χ3n) is 7.98. The number of ether oxygens (including phenoxy) is 1. The number of imidazole rings is 1. The zero-order valence-corrected chi connectivity index (χ0v) is 26.8. The molecule has 238 valence electrons. The molecule has 0 spiro atoms. The van der Waals surface area contributed by atoms with Crippen LogP contribution in [0.2, 0.25) is 25.2 Å². The predicted octanol–water partition coefficient (Wildman–Crippen LogP) is 4.05. The second kappa shape index (κ2) is 12.3. The molecule has 16 heteroatoms. The Bertz CT molecular complexity index is 1650. The van der Waals surface area contributed by atoms with Crippen LogP contribution in [-0.2, 0) is 19.6 Å². The monoisotopic (exact) mass is 649 g/mol. The van der Waals surface area contributed by atoms with Gasteiger partial charge in [0.2, 0.25) is 16.0 Å². The first-order valence-electron chi connectivity index (χ1n) is 14.6. The van der Waals surface area contributed by atoms with Crippen LogP contribution >= 0.6 is 0 Å². The molecule has 2 aliphatic heterocycles. The maximum Gasteiger partial charge on any atom is 0.323 e. The van der Waals surface area contributed by atoms with Crippen molar-refractivity contribution in [2.75, 3.05) is 58.4 Å². The van der Waals surface area contributed by atoms with Gasteiger partial charge < -0.3 is 19.9 Å². The summed E-state index contributed by atoms with van der Waals surface area (Å²) in [5.41, 5.74) is 1.56. The van der Waals surface area contributed by atoms with Crippen molar-refractivity contribution in [1.29, 1.82) is 0 Å². The fourth-order valence-corrected chi connectivity index (χ4v) is 8.34. The Hall–Kier alpha value is -3.79. The number of alkyl halides is 2. The minimum atomic E-state index is -4.05. The molecule has 2 saturated heterocycles. The number of esters is 1. The molecule has 2 N–H and O–H groups in total. The van der Waals surface area contributed by atoms with E-state index in [9.17, 15) is 26.8 Å². The van der Waals surface area contributed by atoms with Crippen LogP contribution in [0.1, 0.15) is 30.1 Å². The number of piperidine rings is 1. The number of aromatic nitrogens is 3. The Kier molecular flexibility index (Phi) is 8.84. The van der Waals surface area contributed by atoms with Gasteiger partial charge in [0.15, 0.2) is 5.75 Å². The predicted molar refractivity (Wildman–Crippen MR) is 167 cm³/mol. The molecule has 1 amide bonds. The van der Waals surface area contributed by atoms with Crippen LogP contribution in [0.4, 0.5) is 31.9 Å². The van der Waals surface area contributed by atoms with Crippen molar-refractivity contribution in [2.24, 2.45) is 0 Å². The molecule has 5 rings (SSSR count). The van der Waals surface area contributed by atoms with E-state index in [4.69, 9.17) is 4.74 Å². The fraction of sp³-hybridized carbons (Fsp3) is 0.500. The lowest BCUT2D eigenvalue weighted by Gasteiger charge is -2.38. The fourth-order valence-electron chi connectivity index (χ4n) is 5.39. The van der Waals surface area contributed by atoms with Gasteiger partial charge in [0.05, 0.1) is 31.6 Å². The van der Waals surface area contributed by atoms with Crippen molar-refractivity contribution in [3.63, 3.8) is 0 Å². The molecule has 44 heavy (non-hydrogen) atoms. The van der Waals surface area contributed by atoms with E-state index in [-0.39, 0.29) is 44.0 Å². The maximum atomic E-state index is 13.8. The lowest BCUT2D eigenvalue weighted by molar-refractivity contribution is -0.139. The average Bonchev–Trinajstić information content (AvgIpc) is 3.41. The Balaban J connectivity index is 1.43. The first kappa shape index (κ1) is 31.6. The number of halogens is 2. The van der Waals surface area contributed by atoms with Gasteiger partial charge in [-0.15, -0.1) is 0 Å². The van der Waals surface area contributed by atoms with E-state index in [1.54, 1.807) is 40.8 Å². The lowest BCUT2D eigenvalue weighted by atomic mass is 10.1. The molecule has 3 aromatic rings. The minimum absolute atomic E-state index is 0.0643. The molecule has 2 aliphatic rings. The highest BCUT2D eigenvalue weighted by atomic mass is 32.2. The van der Waals surface area contributed by atoms with Crippen LogP contribution in [0.15, 0.2) is 36.7 Å². The van der Waals surface area contributed by atoms with E-state index in [0.29, 0.717) is 35.9 Å². The SMILES string of the molecule is CCOC(=O)CS(=O)(=O)Nc1ccc(C(=O)Nc2cc3nccn3c(N3CCC(F)(F)CC3)n2)c(N2CC[Si](C)(C)CC2)c1. The Morgan fingerprint density at radius 2 is 1.77 bits per heavy atom. The van der Waals surface area contributed by atoms with E-state index in [2.05, 4.69) is 38.0 Å². The summed E-state index contributed by atoms with van der Waals surface area (Å²) in [4.78, 5) is 38.3. The average molecular weight is 650 g/mol. The number of hydrogen-bond acceptors (Lipinski definition) is 9. The van der Waals surface area contributed by atoms with Gasteiger partial charge in [0.25, 0.3) is 11.8 Å². The molecule has 0 radical (unpaired) electrons. The summed E-state index contributed by atoms with van der Waals surface area (Å²) in [6.07, 6.45) is 2.68. The van der Waals surface area contributed by atoms with Gasteiger partial charge in [0, 0.05) is 57.5 Å². The van der Waals surface area contributed by atoms with Gasteiger partial charge in [-0.25, -0.2) is 22.2 Å². The molecule has 0 saturated carbocycles. The molecule has 0 unspecified atom stereocenters. The summed E-state index contributed by atoms with van der Waals surface area (Å²) in [5.74, 6) is -4.28. The van der Waals surface area contributed by atoms with Gasteiger partial charge in [-0.1, -0.05) is 13.1 Å². The summed E-state index contributed by atoms with van der Waals surface area (Å²) >= 11 is 0. The van der Waals surface area contributed by atoms with E-state index < -0.39 is 41.6 Å². The molecule has 12 nitrogen and oxygen atoms in total. The zero-order chi connectivity index (χ0) is 31.7. The van der Waals surface area contributed by atoms with Crippen molar-refractivity contribution in [3.8, 4) is 0 Å². The number of benzene rings is 1. The van der Waals surface area contributed by atoms with Gasteiger partial charge in [-0.2, -0.15) is 4.98 Å². The summed E-state index contributed by atoms with van der Waals surface area (Å²) < 4.78 is 61.9. The molecule has 2 aromatic heterocycles. The van der Waals surface area contributed by atoms with E-state index in [1.165, 1.54) is 12.1 Å². The highest BCUT2D eigenvalue weighted by molar-refractivity contribution is 7.93. The van der Waals surface area contributed by atoms with Gasteiger partial charge in [-0.05, 0) is 37.2 Å². The normalized spacial score (nSPS) is 18.2. The van der Waals surface area contributed by atoms with Crippen LogP contribution in [0.3, 0.4) is 0 Å². The van der Waals surface area contributed by atoms with Crippen LogP contribution in [0.5, 0.6) is 0 Å². The third-order valence-corrected chi connectivity index (χ3v) is 12.3. The third kappa shape index (κ3) is 7.46. The summed E-state index contributed by atoms with van der Waals surface area (Å²) in [6.45, 7) is 7.92. The Labute approximate surface area is 255 Å². The second-order valence-corrected chi connectivity index (χ2v) is 19.0. The lowest BCUT2D eigenvalue weighted by Crippen LogP contribution is -2.43. The first-order chi connectivity index (χ1) is 20.7. The molecule has 1 aromatic carbocycles. The zero-order valence-electron chi connectivity index (χ0n) is 25.0. The smallest absolute Gasteiger partial charge is 0.323 e. The minimum Gasteiger partial charge on any atom is -0.465 e. The largest absolute Gasteiger partial charge is 0.465 e. The summed E-state index contributed by atoms with van der Waals surface area (Å²) in [5, 5.41) is 2.84. The number of amides is 1. The number of nitrogens with one attached hydrogen (secondary N) is 2. The highest BCUT2D eigenvalue weighted by Gasteiger charge is 2.35. The first-order valence-corrected chi connectivity index (χ1v) is 19.6. The van der Waals surface area contributed by atoms with Crippen LogP contribution in [-0.4, -0.2) is 87.2 Å². The number of rotatable bonds is 9. The van der Waals surface area contributed by atoms with E-state index >= 15 is 0 Å². The van der Waals surface area contributed by atoms with Crippen molar-refractivity contribution in [3.05, 3.63) is 42.2 Å². The van der Waals surface area contributed by atoms with Crippen LogP contribution in [0.25, 0.3) is 5.65 Å². The second-order valence-electron chi connectivity index (χ2n) is 11.9. The Morgan fingerprint density at radius 1 is 1.07 bits per heavy atom. The molecule has 0 aliphatic carbocycles. The molecule has 0 bridgehead atoms. The molecular formula is C28H37F2N7O5SSi. The van der Waals surface area contributed by atoms with E-state index in [0.717, 1.165) is 12.1 Å². The quantitative estimate of drug-likeness (QED) is 0.260. The standard InChI is InChI=1S/C28H37F2N7O5SSi/c1-4-42-25(38)19-43(40,41)34-20-5-6-21(22(17-20)35-13-15-44(2,3)16-14-35)26(39)32-23-18-24-31-9-12-37(24)27(33-23)36-10-7-28(29,30)8-11-36/h5-6,9,12,17-18,34H,4,7-8,10-11,13-16,19H2,1-3H3,(H,32,39). The number of fused-ring (bicyclic) bond motifs is 1. The molecule has 0 atom stereocenters. The molecule has 4 heterocycles. The van der Waals surface area contributed by atoms with Crippen LogP contribution in [0, 0.1) is 0 Å². The molecule has 2 fully saturated rings. The topological polar surface area (TPSA) is 138 Å². The Morgan fingerprint density at radius 3 is 2.45 bits per heavy atom. The van der Waals surface area contributed by atoms with Crippen molar-refractivity contribution in [2.45, 2.75) is 50.9 Å². The van der Waals surface area contributed by atoms with Crippen molar-refractivity contribution in [1.82, 2.24) is 14.4 Å². The van der Waals surface area contributed by atoms with Gasteiger partial charge in [0.1, 0.15) is 11.5 Å². The van der Waals surface area contributed by atoms with Gasteiger partial charge >= 0.3 is 5.97 Å². The number of nitrogens with zero attached hydrogens (tertiary/aromatic N) is 5. The number of hydrogen-bond donors (Lipinski definition) is 2. The molecular weight excluding hydrogens is 613 g/mol. The summed E-state index contributed by atoms with van der Waals surface area (Å²) in [6, 6.07) is 8.21. The van der Waals surface area contributed by atoms with Crippen LogP contribution < -0.4 is 19.8 Å². The van der Waals surface area contributed by atoms with Crippen molar-refractivity contribution >= 4 is 58.8 Å². The van der Waals surface area contributed by atoms with E-state index in [1.807, 2.05) is 0 Å².